The summed E-state index contributed by atoms with van der Waals surface area (Å²) in [6.45, 7) is 5.43. The van der Waals surface area contributed by atoms with Crippen LogP contribution >= 0.6 is 0 Å². The van der Waals surface area contributed by atoms with Crippen molar-refractivity contribution in [2.24, 2.45) is 5.92 Å². The van der Waals surface area contributed by atoms with E-state index in [4.69, 9.17) is 9.47 Å². The van der Waals surface area contributed by atoms with Crippen molar-refractivity contribution >= 4 is 24.0 Å². The first-order valence-corrected chi connectivity index (χ1v) is 13.3. The molecular formula is C33H35NO5. The molecule has 1 heterocycles. The van der Waals surface area contributed by atoms with Gasteiger partial charge in [-0.25, -0.2) is 9.69 Å². The molecule has 1 saturated heterocycles. The van der Waals surface area contributed by atoms with Crippen LogP contribution < -0.4 is 0 Å². The van der Waals surface area contributed by atoms with Crippen molar-refractivity contribution in [3.8, 4) is 0 Å². The summed E-state index contributed by atoms with van der Waals surface area (Å²) in [5, 5.41) is 0. The highest BCUT2D eigenvalue weighted by Gasteiger charge is 2.45. The van der Waals surface area contributed by atoms with Crippen LogP contribution in [0.2, 0.25) is 0 Å². The number of carbonyl (C=O) groups excluding carboxylic acids is 3. The predicted octanol–water partition coefficient (Wildman–Crippen LogP) is 6.62. The molecule has 0 spiro atoms. The Bertz CT molecular complexity index is 1240. The summed E-state index contributed by atoms with van der Waals surface area (Å²) in [4.78, 5) is 41.2. The first-order chi connectivity index (χ1) is 18.7. The van der Waals surface area contributed by atoms with Crippen LogP contribution in [0.15, 0.2) is 97.1 Å². The Morgan fingerprint density at radius 3 is 2.00 bits per heavy atom. The van der Waals surface area contributed by atoms with E-state index in [2.05, 4.69) is 0 Å². The van der Waals surface area contributed by atoms with Crippen molar-refractivity contribution in [3.05, 3.63) is 114 Å². The smallest absolute Gasteiger partial charge is 0.417 e. The van der Waals surface area contributed by atoms with Crippen molar-refractivity contribution < 1.29 is 23.9 Å². The van der Waals surface area contributed by atoms with Gasteiger partial charge in [0.15, 0.2) is 0 Å². The van der Waals surface area contributed by atoms with Gasteiger partial charge in [-0.05, 0) is 43.9 Å². The molecular weight excluding hydrogens is 490 g/mol. The zero-order valence-corrected chi connectivity index (χ0v) is 22.7. The Morgan fingerprint density at radius 1 is 0.923 bits per heavy atom. The van der Waals surface area contributed by atoms with Crippen molar-refractivity contribution in [1.82, 2.24) is 4.90 Å². The third kappa shape index (κ3) is 7.44. The molecule has 0 radical (unpaired) electrons. The molecule has 0 aliphatic carbocycles. The molecule has 4 rings (SSSR count). The second-order valence-electron chi connectivity index (χ2n) is 10.7. The average molecular weight is 526 g/mol. The number of ether oxygens (including phenoxy) is 2. The van der Waals surface area contributed by atoms with Crippen molar-refractivity contribution in [3.63, 3.8) is 0 Å². The lowest BCUT2D eigenvalue weighted by atomic mass is 9.84. The number of esters is 1. The molecule has 3 aromatic carbocycles. The third-order valence-corrected chi connectivity index (χ3v) is 6.56. The van der Waals surface area contributed by atoms with E-state index in [1.807, 2.05) is 103 Å². The van der Waals surface area contributed by atoms with Crippen LogP contribution in [0.1, 0.15) is 56.2 Å². The number of benzene rings is 3. The first kappa shape index (κ1) is 27.8. The van der Waals surface area contributed by atoms with Gasteiger partial charge < -0.3 is 9.47 Å². The molecule has 1 aliphatic rings. The molecule has 202 valence electrons. The minimum Gasteiger partial charge on any atom is -0.460 e. The monoisotopic (exact) mass is 525 g/mol. The predicted molar refractivity (Wildman–Crippen MR) is 151 cm³/mol. The second kappa shape index (κ2) is 12.6. The summed E-state index contributed by atoms with van der Waals surface area (Å²) < 4.78 is 11.0. The molecule has 2 amide bonds. The Kier molecular flexibility index (Phi) is 8.97. The highest BCUT2D eigenvalue weighted by molar-refractivity contribution is 5.96. The number of nitrogens with zero attached hydrogens (tertiary/aromatic N) is 1. The molecule has 3 aromatic rings. The standard InChI is InChI=1S/C33H35NO5/c1-33(2,3)39-29(35)22-27(21-13-16-24-14-7-4-8-15-24)31(36)34-28(23-38-32(34)37)30(25-17-9-5-10-18-25)26-19-11-6-12-20-26/h4-20,27-28,30H,21-23H2,1-3H3/b16-13+/t27-,28+/m1/s1. The molecule has 2 atom stereocenters. The summed E-state index contributed by atoms with van der Waals surface area (Å²) >= 11 is 0. The van der Waals surface area contributed by atoms with Crippen molar-refractivity contribution in [2.75, 3.05) is 6.61 Å². The Hall–Kier alpha value is -4.19. The van der Waals surface area contributed by atoms with Gasteiger partial charge in [0.25, 0.3) is 0 Å². The molecule has 1 fully saturated rings. The number of hydrogen-bond donors (Lipinski definition) is 0. The van der Waals surface area contributed by atoms with Gasteiger partial charge in [0.05, 0.1) is 18.4 Å². The zero-order chi connectivity index (χ0) is 27.8. The van der Waals surface area contributed by atoms with Gasteiger partial charge in [-0.15, -0.1) is 0 Å². The third-order valence-electron chi connectivity index (χ3n) is 6.56. The number of hydrogen-bond acceptors (Lipinski definition) is 5. The van der Waals surface area contributed by atoms with Crippen LogP contribution in [0, 0.1) is 5.92 Å². The van der Waals surface area contributed by atoms with Crippen LogP contribution in [0.25, 0.3) is 6.08 Å². The summed E-state index contributed by atoms with van der Waals surface area (Å²) in [6.07, 6.45) is 3.21. The quantitative estimate of drug-likeness (QED) is 0.294. The fourth-order valence-corrected chi connectivity index (χ4v) is 4.88. The normalized spacial score (nSPS) is 16.4. The number of carbonyl (C=O) groups is 3. The molecule has 0 saturated carbocycles. The number of cyclic esters (lactones) is 1. The summed E-state index contributed by atoms with van der Waals surface area (Å²) in [5.41, 5.74) is 2.23. The summed E-state index contributed by atoms with van der Waals surface area (Å²) in [7, 11) is 0. The highest BCUT2D eigenvalue weighted by atomic mass is 16.6. The van der Waals surface area contributed by atoms with Gasteiger partial charge in [0.1, 0.15) is 12.2 Å². The topological polar surface area (TPSA) is 72.9 Å². The number of amides is 2. The fraction of sp³-hybridized carbons (Fsp3) is 0.303. The Balaban J connectivity index is 1.65. The lowest BCUT2D eigenvalue weighted by Crippen LogP contribution is -2.46. The van der Waals surface area contributed by atoms with Gasteiger partial charge in [-0.1, -0.05) is 103 Å². The highest BCUT2D eigenvalue weighted by Crippen LogP contribution is 2.35. The van der Waals surface area contributed by atoms with Gasteiger partial charge >= 0.3 is 12.1 Å². The molecule has 0 bridgehead atoms. The fourth-order valence-electron chi connectivity index (χ4n) is 4.88. The maximum atomic E-state index is 14.1. The molecule has 6 heteroatoms. The van der Waals surface area contributed by atoms with E-state index in [1.54, 1.807) is 20.8 Å². The average Bonchev–Trinajstić information content (AvgIpc) is 3.29. The van der Waals surface area contributed by atoms with E-state index in [9.17, 15) is 14.4 Å². The van der Waals surface area contributed by atoms with Crippen molar-refractivity contribution in [2.45, 2.75) is 51.2 Å². The van der Waals surface area contributed by atoms with E-state index < -0.39 is 35.5 Å². The summed E-state index contributed by atoms with van der Waals surface area (Å²) in [6, 6.07) is 28.7. The van der Waals surface area contributed by atoms with Crippen molar-refractivity contribution in [1.29, 1.82) is 0 Å². The number of rotatable bonds is 9. The SMILES string of the molecule is CC(C)(C)OC(=O)C[C@@H](C/C=C/c1ccccc1)C(=O)N1C(=O)OC[C@H]1C(c1ccccc1)c1ccccc1. The van der Waals surface area contributed by atoms with Crippen LogP contribution in [0.5, 0.6) is 0 Å². The van der Waals surface area contributed by atoms with Gasteiger partial charge in [-0.2, -0.15) is 0 Å². The van der Waals surface area contributed by atoms with Crippen LogP contribution in [0.4, 0.5) is 4.79 Å². The molecule has 1 aliphatic heterocycles. The maximum absolute atomic E-state index is 14.1. The van der Waals surface area contributed by atoms with E-state index in [1.165, 1.54) is 4.90 Å². The van der Waals surface area contributed by atoms with E-state index in [0.29, 0.717) is 0 Å². The minimum atomic E-state index is -0.792. The minimum absolute atomic E-state index is 0.0675. The largest absolute Gasteiger partial charge is 0.460 e. The lowest BCUT2D eigenvalue weighted by Gasteiger charge is -2.31. The molecule has 39 heavy (non-hydrogen) atoms. The zero-order valence-electron chi connectivity index (χ0n) is 22.7. The van der Waals surface area contributed by atoms with Gasteiger partial charge in [-0.3, -0.25) is 9.59 Å². The second-order valence-corrected chi connectivity index (χ2v) is 10.7. The van der Waals surface area contributed by atoms with Gasteiger partial charge in [0, 0.05) is 5.92 Å². The van der Waals surface area contributed by atoms with Crippen LogP contribution in [-0.2, 0) is 19.1 Å². The molecule has 0 aromatic heterocycles. The summed E-state index contributed by atoms with van der Waals surface area (Å²) in [5.74, 6) is -2.01. The van der Waals surface area contributed by atoms with Crippen LogP contribution in [-0.4, -0.2) is 41.1 Å². The number of allylic oxidation sites excluding steroid dienone is 1. The maximum Gasteiger partial charge on any atom is 0.417 e. The Labute approximate surface area is 230 Å². The van der Waals surface area contributed by atoms with Gasteiger partial charge in [0.2, 0.25) is 5.91 Å². The number of imide groups is 1. The molecule has 6 nitrogen and oxygen atoms in total. The lowest BCUT2D eigenvalue weighted by molar-refractivity contribution is -0.158. The molecule has 0 N–H and O–H groups in total. The van der Waals surface area contributed by atoms with E-state index in [-0.39, 0.29) is 25.4 Å². The first-order valence-electron chi connectivity index (χ1n) is 13.3. The van der Waals surface area contributed by atoms with E-state index in [0.717, 1.165) is 16.7 Å². The van der Waals surface area contributed by atoms with E-state index >= 15 is 0 Å². The van der Waals surface area contributed by atoms with Crippen LogP contribution in [0.3, 0.4) is 0 Å². The molecule has 0 unspecified atom stereocenters. The Morgan fingerprint density at radius 2 is 1.46 bits per heavy atom.